The maximum Gasteiger partial charge on any atom is 0.243 e. The molecule has 3 aromatic rings. The lowest BCUT2D eigenvalue weighted by atomic mass is 10.1. The summed E-state index contributed by atoms with van der Waals surface area (Å²) < 4.78 is 27.9. The van der Waals surface area contributed by atoms with Crippen LogP contribution in [0.3, 0.4) is 0 Å². The van der Waals surface area contributed by atoms with E-state index >= 15 is 0 Å². The van der Waals surface area contributed by atoms with E-state index in [1.54, 1.807) is 28.4 Å². The van der Waals surface area contributed by atoms with Crippen LogP contribution in [-0.2, 0) is 19.6 Å². The molecule has 10 heteroatoms. The monoisotopic (exact) mass is 484 g/mol. The minimum atomic E-state index is -3.49. The molecule has 2 amide bonds. The first-order valence-electron chi connectivity index (χ1n) is 10.9. The Morgan fingerprint density at radius 3 is 2.58 bits per heavy atom. The third-order valence-corrected chi connectivity index (χ3v) is 8.97. The molecule has 3 heterocycles. The largest absolute Gasteiger partial charge is 0.326 e. The fourth-order valence-corrected chi connectivity index (χ4v) is 6.69. The number of amides is 2. The average Bonchev–Trinajstić information content (AvgIpc) is 3.53. The van der Waals surface area contributed by atoms with Crippen molar-refractivity contribution in [3.8, 4) is 0 Å². The van der Waals surface area contributed by atoms with Gasteiger partial charge in [0.1, 0.15) is 0 Å². The molecule has 0 spiro atoms. The van der Waals surface area contributed by atoms with E-state index in [0.29, 0.717) is 25.3 Å². The Balaban J connectivity index is 1.26. The van der Waals surface area contributed by atoms with Crippen LogP contribution in [0.1, 0.15) is 24.3 Å². The number of anilines is 2. The molecule has 8 nitrogen and oxygen atoms in total. The first-order valence-corrected chi connectivity index (χ1v) is 13.2. The van der Waals surface area contributed by atoms with E-state index in [0.717, 1.165) is 33.8 Å². The summed E-state index contributed by atoms with van der Waals surface area (Å²) >= 11 is 1.60. The number of sulfonamides is 1. The Labute approximate surface area is 196 Å². The Hall–Kier alpha value is -2.82. The zero-order valence-electron chi connectivity index (χ0n) is 18.2. The molecule has 2 aliphatic rings. The minimum Gasteiger partial charge on any atom is -0.326 e. The maximum absolute atomic E-state index is 12.8. The molecule has 1 N–H and O–H groups in total. The second-order valence-electron chi connectivity index (χ2n) is 8.42. The van der Waals surface area contributed by atoms with Crippen LogP contribution in [0.4, 0.5) is 11.4 Å². The van der Waals surface area contributed by atoms with Crippen LogP contribution in [-0.4, -0.2) is 49.2 Å². The quantitative estimate of drug-likeness (QED) is 0.599. The number of nitrogens with one attached hydrogen (secondary N) is 1. The number of nitrogens with zero attached hydrogens (tertiary/aromatic N) is 3. The van der Waals surface area contributed by atoms with Gasteiger partial charge in [-0.15, -0.1) is 11.3 Å². The van der Waals surface area contributed by atoms with Gasteiger partial charge >= 0.3 is 0 Å². The molecule has 2 fully saturated rings. The first kappa shape index (κ1) is 22.0. The molecule has 1 atom stereocenters. The van der Waals surface area contributed by atoms with Gasteiger partial charge in [-0.3, -0.25) is 9.59 Å². The van der Waals surface area contributed by atoms with E-state index in [-0.39, 0.29) is 23.1 Å². The normalized spacial score (nSPS) is 19.5. The van der Waals surface area contributed by atoms with Gasteiger partial charge in [-0.2, -0.15) is 4.31 Å². The Kier molecular flexibility index (Phi) is 5.67. The molecular weight excluding hydrogens is 460 g/mol. The molecule has 172 valence electrons. The summed E-state index contributed by atoms with van der Waals surface area (Å²) in [5, 5.41) is 3.78. The molecule has 2 aromatic carbocycles. The topological polar surface area (TPSA) is 99.7 Å². The highest BCUT2D eigenvalue weighted by molar-refractivity contribution is 7.89. The van der Waals surface area contributed by atoms with Crippen molar-refractivity contribution in [2.24, 2.45) is 5.92 Å². The van der Waals surface area contributed by atoms with Crippen molar-refractivity contribution in [1.29, 1.82) is 0 Å². The van der Waals surface area contributed by atoms with Crippen molar-refractivity contribution in [2.45, 2.75) is 31.1 Å². The van der Waals surface area contributed by atoms with Crippen LogP contribution in [0.2, 0.25) is 0 Å². The number of rotatable bonds is 5. The number of thiazole rings is 1. The van der Waals surface area contributed by atoms with E-state index in [1.165, 1.54) is 16.4 Å². The van der Waals surface area contributed by atoms with Gasteiger partial charge < -0.3 is 10.2 Å². The van der Waals surface area contributed by atoms with Crippen molar-refractivity contribution < 1.29 is 18.0 Å². The molecule has 1 aromatic heterocycles. The molecule has 2 saturated heterocycles. The smallest absolute Gasteiger partial charge is 0.243 e. The summed E-state index contributed by atoms with van der Waals surface area (Å²) in [7, 11) is -3.49. The Bertz CT molecular complexity index is 1330. The fraction of sp³-hybridized carbons (Fsp3) is 0.348. The lowest BCUT2D eigenvalue weighted by molar-refractivity contribution is -0.122. The summed E-state index contributed by atoms with van der Waals surface area (Å²) in [4.78, 5) is 31.8. The number of aromatic nitrogens is 1. The molecule has 0 bridgehead atoms. The van der Waals surface area contributed by atoms with Gasteiger partial charge in [0.25, 0.3) is 0 Å². The molecule has 1 unspecified atom stereocenters. The number of hydrogen-bond donors (Lipinski definition) is 1. The van der Waals surface area contributed by atoms with Crippen LogP contribution in [0.15, 0.2) is 47.4 Å². The zero-order valence-corrected chi connectivity index (χ0v) is 19.8. The van der Waals surface area contributed by atoms with Crippen LogP contribution in [0.25, 0.3) is 10.2 Å². The third kappa shape index (κ3) is 4.25. The molecule has 0 saturated carbocycles. The number of carbonyl (C=O) groups is 2. The SMILES string of the molecule is Cc1nc2cc(N3CC(C(=O)Nc4ccc(S(=O)(=O)N5CCCC5)cc4)CC3=O)ccc2s1. The van der Waals surface area contributed by atoms with Gasteiger partial charge in [0.05, 0.1) is 26.0 Å². The van der Waals surface area contributed by atoms with Crippen molar-refractivity contribution in [3.63, 3.8) is 0 Å². The summed E-state index contributed by atoms with van der Waals surface area (Å²) in [6.45, 7) is 3.32. The predicted molar refractivity (Wildman–Crippen MR) is 128 cm³/mol. The number of benzene rings is 2. The van der Waals surface area contributed by atoms with Crippen LogP contribution in [0, 0.1) is 12.8 Å². The second kappa shape index (κ2) is 8.51. The molecule has 2 aliphatic heterocycles. The van der Waals surface area contributed by atoms with Gasteiger partial charge in [-0.25, -0.2) is 13.4 Å². The number of hydrogen-bond acceptors (Lipinski definition) is 6. The molecule has 5 rings (SSSR count). The lowest BCUT2D eigenvalue weighted by Crippen LogP contribution is -2.28. The lowest BCUT2D eigenvalue weighted by Gasteiger charge is -2.17. The highest BCUT2D eigenvalue weighted by atomic mass is 32.2. The molecule has 0 aliphatic carbocycles. The third-order valence-electron chi connectivity index (χ3n) is 6.11. The summed E-state index contributed by atoms with van der Waals surface area (Å²) in [6.07, 6.45) is 1.88. The summed E-state index contributed by atoms with van der Waals surface area (Å²) in [5.41, 5.74) is 2.09. The Morgan fingerprint density at radius 2 is 1.85 bits per heavy atom. The van der Waals surface area contributed by atoms with Gasteiger partial charge in [-0.1, -0.05) is 0 Å². The van der Waals surface area contributed by atoms with E-state index in [1.807, 2.05) is 25.1 Å². The van der Waals surface area contributed by atoms with Crippen molar-refractivity contribution in [3.05, 3.63) is 47.5 Å². The summed E-state index contributed by atoms with van der Waals surface area (Å²) in [6, 6.07) is 11.9. The number of fused-ring (bicyclic) bond motifs is 1. The van der Waals surface area contributed by atoms with Crippen molar-refractivity contribution in [1.82, 2.24) is 9.29 Å². The average molecular weight is 485 g/mol. The van der Waals surface area contributed by atoms with Crippen molar-refractivity contribution >= 4 is 54.8 Å². The first-order chi connectivity index (χ1) is 15.8. The zero-order chi connectivity index (χ0) is 23.2. The minimum absolute atomic E-state index is 0.103. The Morgan fingerprint density at radius 1 is 1.12 bits per heavy atom. The van der Waals surface area contributed by atoms with Gasteiger partial charge in [0, 0.05) is 37.4 Å². The molecule has 33 heavy (non-hydrogen) atoms. The van der Waals surface area contributed by atoms with Gasteiger partial charge in [0.2, 0.25) is 21.8 Å². The van der Waals surface area contributed by atoms with E-state index in [9.17, 15) is 18.0 Å². The van der Waals surface area contributed by atoms with Crippen LogP contribution in [0.5, 0.6) is 0 Å². The van der Waals surface area contributed by atoms with Crippen LogP contribution < -0.4 is 10.2 Å². The maximum atomic E-state index is 12.8. The standard InChI is InChI=1S/C23H24N4O4S2/c1-15-24-20-13-18(6-9-21(20)32-15)27-14-16(12-22(27)28)23(29)25-17-4-7-19(8-5-17)33(30,31)26-10-2-3-11-26/h4-9,13,16H,2-3,10-12,14H2,1H3,(H,25,29). The molecular formula is C23H24N4O4S2. The van der Waals surface area contributed by atoms with Crippen LogP contribution >= 0.6 is 11.3 Å². The van der Waals surface area contributed by atoms with Gasteiger partial charge in [0.15, 0.2) is 0 Å². The highest BCUT2D eigenvalue weighted by Crippen LogP contribution is 2.31. The highest BCUT2D eigenvalue weighted by Gasteiger charge is 2.35. The van der Waals surface area contributed by atoms with Gasteiger partial charge in [-0.05, 0) is 62.2 Å². The number of aryl methyl sites for hydroxylation is 1. The number of carbonyl (C=O) groups excluding carboxylic acids is 2. The van der Waals surface area contributed by atoms with E-state index in [4.69, 9.17) is 0 Å². The predicted octanol–water partition coefficient (Wildman–Crippen LogP) is 3.38. The fourth-order valence-electron chi connectivity index (χ4n) is 4.36. The molecule has 0 radical (unpaired) electrons. The van der Waals surface area contributed by atoms with E-state index < -0.39 is 15.9 Å². The van der Waals surface area contributed by atoms with E-state index in [2.05, 4.69) is 10.3 Å². The second-order valence-corrected chi connectivity index (χ2v) is 11.6. The van der Waals surface area contributed by atoms with Crippen molar-refractivity contribution in [2.75, 3.05) is 29.9 Å². The summed E-state index contributed by atoms with van der Waals surface area (Å²) in [5.74, 6) is -0.849.